The number of aryl methyl sites for hydroxylation is 1. The van der Waals surface area contributed by atoms with E-state index >= 15 is 0 Å². The summed E-state index contributed by atoms with van der Waals surface area (Å²) in [6.45, 7) is 2.64. The lowest BCUT2D eigenvalue weighted by atomic mass is 9.94. The van der Waals surface area contributed by atoms with Crippen LogP contribution in [0.4, 0.5) is 0 Å². The van der Waals surface area contributed by atoms with Gasteiger partial charge in [0.25, 0.3) is 0 Å². The van der Waals surface area contributed by atoms with E-state index in [4.69, 9.17) is 9.57 Å². The first-order valence-corrected chi connectivity index (χ1v) is 13.3. The molecule has 0 aliphatic carbocycles. The number of amides is 1. The zero-order valence-corrected chi connectivity index (χ0v) is 19.4. The summed E-state index contributed by atoms with van der Waals surface area (Å²) in [6.07, 6.45) is 3.92. The lowest BCUT2D eigenvalue weighted by Gasteiger charge is -2.35. The van der Waals surface area contributed by atoms with Gasteiger partial charge in [-0.05, 0) is 50.3 Å². The van der Waals surface area contributed by atoms with Crippen molar-refractivity contribution in [1.82, 2.24) is 5.48 Å². The molecule has 6 nitrogen and oxygen atoms in total. The normalized spacial score (nSPS) is 25.8. The third-order valence-electron chi connectivity index (χ3n) is 6.08. The highest BCUT2D eigenvalue weighted by atomic mass is 32.2. The van der Waals surface area contributed by atoms with E-state index in [-0.39, 0.29) is 12.2 Å². The van der Waals surface area contributed by atoms with Crippen LogP contribution >= 0.6 is 11.3 Å². The fourth-order valence-electron chi connectivity index (χ4n) is 4.38. The molecule has 1 aromatic heterocycles. The van der Waals surface area contributed by atoms with Gasteiger partial charge >= 0.3 is 0 Å². The van der Waals surface area contributed by atoms with E-state index in [9.17, 15) is 13.2 Å². The Morgan fingerprint density at radius 1 is 1.23 bits per heavy atom. The van der Waals surface area contributed by atoms with Crippen LogP contribution in [0.1, 0.15) is 55.4 Å². The zero-order chi connectivity index (χ0) is 21.9. The summed E-state index contributed by atoms with van der Waals surface area (Å²) in [6, 6.07) is 12.0. The Balaban J connectivity index is 1.58. The smallest absolute Gasteiger partial charge is 0.245 e. The SMILES string of the molecule is Cc1cccc(-c2ccc([C@@]3(CC(=O)NOC4CCCCO4)CCCCS3(=O)=O)s2)c1. The molecule has 2 aliphatic rings. The number of nitrogens with one attached hydrogen (secondary N) is 1. The topological polar surface area (TPSA) is 81.7 Å². The summed E-state index contributed by atoms with van der Waals surface area (Å²) < 4.78 is 30.9. The minimum absolute atomic E-state index is 0.102. The second kappa shape index (κ2) is 9.40. The first-order valence-electron chi connectivity index (χ1n) is 10.9. The van der Waals surface area contributed by atoms with Crippen molar-refractivity contribution in [2.24, 2.45) is 0 Å². The van der Waals surface area contributed by atoms with Crippen LogP contribution in [0.3, 0.4) is 0 Å². The van der Waals surface area contributed by atoms with Crippen LogP contribution in [0.15, 0.2) is 36.4 Å². The number of rotatable bonds is 6. The van der Waals surface area contributed by atoms with Gasteiger partial charge < -0.3 is 4.74 Å². The first-order chi connectivity index (χ1) is 14.9. The van der Waals surface area contributed by atoms with Crippen molar-refractivity contribution in [1.29, 1.82) is 0 Å². The summed E-state index contributed by atoms with van der Waals surface area (Å²) in [5.74, 6) is -0.324. The molecule has 2 aliphatic heterocycles. The predicted octanol–water partition coefficient (Wildman–Crippen LogP) is 4.48. The molecule has 2 fully saturated rings. The summed E-state index contributed by atoms with van der Waals surface area (Å²) in [7, 11) is -3.49. The molecule has 0 radical (unpaired) electrons. The fourth-order valence-corrected chi connectivity index (χ4v) is 8.16. The molecule has 2 aromatic rings. The average Bonchev–Trinajstić information content (AvgIpc) is 3.25. The molecule has 2 saturated heterocycles. The van der Waals surface area contributed by atoms with Crippen LogP contribution in [0, 0.1) is 6.92 Å². The molecule has 1 aromatic carbocycles. The molecule has 0 bridgehead atoms. The standard InChI is InChI=1S/C23H29NO5S2/c1-17-7-6-8-18(15-17)19-10-11-20(30-19)23(12-3-5-14-31(23,26)27)16-21(25)24-29-22-9-2-4-13-28-22/h6-8,10-11,15,22H,2-5,9,12-14,16H2,1H3,(H,24,25)/t22?,23-/m0/s1. The first kappa shape index (κ1) is 22.5. The number of benzene rings is 1. The Morgan fingerprint density at radius 3 is 2.84 bits per heavy atom. The minimum atomic E-state index is -3.49. The molecule has 31 heavy (non-hydrogen) atoms. The van der Waals surface area contributed by atoms with Gasteiger partial charge in [0.1, 0.15) is 4.75 Å². The molecule has 1 amide bonds. The van der Waals surface area contributed by atoms with Crippen molar-refractivity contribution in [2.45, 2.75) is 62.9 Å². The molecular formula is C23H29NO5S2. The summed E-state index contributed by atoms with van der Waals surface area (Å²) in [4.78, 5) is 19.9. The van der Waals surface area contributed by atoms with Gasteiger partial charge in [-0.1, -0.05) is 36.2 Å². The van der Waals surface area contributed by atoms with E-state index in [1.807, 2.05) is 37.3 Å². The monoisotopic (exact) mass is 463 g/mol. The quantitative estimate of drug-likeness (QED) is 0.639. The molecule has 3 heterocycles. The highest BCUT2D eigenvalue weighted by molar-refractivity contribution is 7.92. The number of carbonyl (C=O) groups excluding carboxylic acids is 1. The maximum Gasteiger partial charge on any atom is 0.245 e. The molecule has 2 atom stereocenters. The number of thiophene rings is 1. The lowest BCUT2D eigenvalue weighted by Crippen LogP contribution is -2.45. The Labute approximate surface area is 187 Å². The van der Waals surface area contributed by atoms with E-state index < -0.39 is 26.8 Å². The average molecular weight is 464 g/mol. The second-order valence-corrected chi connectivity index (χ2v) is 11.9. The maximum atomic E-state index is 13.3. The molecule has 168 valence electrons. The summed E-state index contributed by atoms with van der Waals surface area (Å²) in [5.41, 5.74) is 4.66. The second-order valence-electron chi connectivity index (χ2n) is 8.42. The van der Waals surface area contributed by atoms with Crippen molar-refractivity contribution in [3.8, 4) is 10.4 Å². The van der Waals surface area contributed by atoms with E-state index in [1.165, 1.54) is 11.3 Å². The number of sulfone groups is 1. The van der Waals surface area contributed by atoms with Crippen molar-refractivity contribution in [2.75, 3.05) is 12.4 Å². The summed E-state index contributed by atoms with van der Waals surface area (Å²) >= 11 is 1.47. The molecule has 8 heteroatoms. The number of hydrogen-bond donors (Lipinski definition) is 1. The largest absolute Gasteiger partial charge is 0.350 e. The lowest BCUT2D eigenvalue weighted by molar-refractivity contribution is -0.200. The van der Waals surface area contributed by atoms with Gasteiger partial charge in [0, 0.05) is 22.8 Å². The predicted molar refractivity (Wildman–Crippen MR) is 121 cm³/mol. The number of ether oxygens (including phenoxy) is 1. The Bertz CT molecular complexity index is 1030. The van der Waals surface area contributed by atoms with Gasteiger partial charge in [-0.3, -0.25) is 4.79 Å². The Kier molecular flexibility index (Phi) is 6.81. The molecular weight excluding hydrogens is 434 g/mol. The van der Waals surface area contributed by atoms with Crippen molar-refractivity contribution in [3.05, 3.63) is 46.8 Å². The van der Waals surface area contributed by atoms with Gasteiger partial charge in [0.15, 0.2) is 16.1 Å². The molecule has 0 saturated carbocycles. The van der Waals surface area contributed by atoms with Gasteiger partial charge in [-0.2, -0.15) is 0 Å². The fraction of sp³-hybridized carbons (Fsp3) is 0.522. The van der Waals surface area contributed by atoms with E-state index in [1.54, 1.807) is 0 Å². The third kappa shape index (κ3) is 4.87. The van der Waals surface area contributed by atoms with Crippen LogP contribution in [0.2, 0.25) is 0 Å². The van der Waals surface area contributed by atoms with Crippen LogP contribution in [0.5, 0.6) is 0 Å². The van der Waals surface area contributed by atoms with E-state index in [2.05, 4.69) is 11.5 Å². The highest BCUT2D eigenvalue weighted by Crippen LogP contribution is 2.47. The van der Waals surface area contributed by atoms with Crippen molar-refractivity contribution < 1.29 is 22.8 Å². The van der Waals surface area contributed by atoms with E-state index in [0.717, 1.165) is 40.1 Å². The van der Waals surface area contributed by atoms with Gasteiger partial charge in [0.2, 0.25) is 5.91 Å². The Hall–Kier alpha value is -1.74. The van der Waals surface area contributed by atoms with Crippen LogP contribution in [0.25, 0.3) is 10.4 Å². The van der Waals surface area contributed by atoms with Crippen molar-refractivity contribution in [3.63, 3.8) is 0 Å². The van der Waals surface area contributed by atoms with Gasteiger partial charge in [0.05, 0.1) is 12.2 Å². The minimum Gasteiger partial charge on any atom is -0.350 e. The molecule has 4 rings (SSSR count). The van der Waals surface area contributed by atoms with Crippen LogP contribution < -0.4 is 5.48 Å². The molecule has 0 spiro atoms. The van der Waals surface area contributed by atoms with Crippen molar-refractivity contribution >= 4 is 27.1 Å². The van der Waals surface area contributed by atoms with Crippen LogP contribution in [-0.4, -0.2) is 33.0 Å². The maximum absolute atomic E-state index is 13.3. The van der Waals surface area contributed by atoms with Crippen LogP contribution in [-0.2, 0) is 29.0 Å². The molecule has 1 unspecified atom stereocenters. The molecule has 1 N–H and O–H groups in total. The van der Waals surface area contributed by atoms with Gasteiger partial charge in [-0.25, -0.2) is 18.7 Å². The highest BCUT2D eigenvalue weighted by Gasteiger charge is 2.49. The van der Waals surface area contributed by atoms with Gasteiger partial charge in [-0.15, -0.1) is 11.3 Å². The number of carbonyl (C=O) groups is 1. The number of hydroxylamine groups is 1. The zero-order valence-electron chi connectivity index (χ0n) is 17.8. The van der Waals surface area contributed by atoms with E-state index in [0.29, 0.717) is 25.9 Å². The summed E-state index contributed by atoms with van der Waals surface area (Å²) in [5, 5.41) is 0. The number of hydrogen-bond acceptors (Lipinski definition) is 6. The Morgan fingerprint density at radius 2 is 2.10 bits per heavy atom. The third-order valence-corrected chi connectivity index (χ3v) is 10.1.